The summed E-state index contributed by atoms with van der Waals surface area (Å²) in [4.78, 5) is 0. The van der Waals surface area contributed by atoms with Gasteiger partial charge in [0.25, 0.3) is 0 Å². The van der Waals surface area contributed by atoms with E-state index in [-0.39, 0.29) is 0 Å². The lowest BCUT2D eigenvalue weighted by Crippen LogP contribution is -2.42. The lowest BCUT2D eigenvalue weighted by atomic mass is 9.79. The number of rotatable bonds is 7. The molecule has 1 aliphatic carbocycles. The molecule has 0 aliphatic heterocycles. The van der Waals surface area contributed by atoms with E-state index in [1.807, 2.05) is 0 Å². The normalized spacial score (nSPS) is 26.4. The summed E-state index contributed by atoms with van der Waals surface area (Å²) in [5, 5.41) is 19.0. The summed E-state index contributed by atoms with van der Waals surface area (Å²) < 4.78 is 2.07. The van der Waals surface area contributed by atoms with Crippen LogP contribution in [0.4, 0.5) is 0 Å². The Morgan fingerprint density at radius 3 is 2.57 bits per heavy atom. The molecule has 1 aromatic heterocycles. The average Bonchev–Trinajstić information content (AvgIpc) is 2.91. The molecular weight excluding hydrogens is 262 g/mol. The van der Waals surface area contributed by atoms with E-state index in [9.17, 15) is 5.11 Å². The molecule has 1 aliphatic rings. The van der Waals surface area contributed by atoms with Crippen molar-refractivity contribution >= 4 is 0 Å². The van der Waals surface area contributed by atoms with Crippen LogP contribution in [0.15, 0.2) is 12.3 Å². The maximum Gasteiger partial charge on any atom is 0.0704 e. The molecule has 0 atom stereocenters. The highest BCUT2D eigenvalue weighted by Crippen LogP contribution is 2.31. The van der Waals surface area contributed by atoms with Crippen molar-refractivity contribution in [1.29, 1.82) is 0 Å². The van der Waals surface area contributed by atoms with Crippen molar-refractivity contribution in [3.8, 4) is 0 Å². The van der Waals surface area contributed by atoms with E-state index in [1.54, 1.807) is 0 Å². The first-order chi connectivity index (χ1) is 10.1. The number of nitrogens with zero attached hydrogens (tertiary/aromatic N) is 2. The Morgan fingerprint density at radius 2 is 2.00 bits per heavy atom. The largest absolute Gasteiger partial charge is 0.389 e. The van der Waals surface area contributed by atoms with Gasteiger partial charge in [0.2, 0.25) is 0 Å². The zero-order valence-corrected chi connectivity index (χ0v) is 13.8. The zero-order valence-electron chi connectivity index (χ0n) is 13.8. The summed E-state index contributed by atoms with van der Waals surface area (Å²) >= 11 is 0. The molecule has 0 unspecified atom stereocenters. The average molecular weight is 293 g/mol. The Balaban J connectivity index is 1.92. The molecule has 1 saturated carbocycles. The van der Waals surface area contributed by atoms with Gasteiger partial charge in [0.1, 0.15) is 0 Å². The van der Waals surface area contributed by atoms with Crippen LogP contribution in [0.25, 0.3) is 0 Å². The first-order valence-corrected chi connectivity index (χ1v) is 8.60. The molecule has 120 valence electrons. The highest BCUT2D eigenvalue weighted by molar-refractivity contribution is 5.06. The number of hydrogen-bond acceptors (Lipinski definition) is 3. The fourth-order valence-corrected chi connectivity index (χ4v) is 3.50. The Bertz CT molecular complexity index is 417. The van der Waals surface area contributed by atoms with Gasteiger partial charge >= 0.3 is 0 Å². The van der Waals surface area contributed by atoms with Gasteiger partial charge in [0, 0.05) is 18.7 Å². The predicted molar refractivity (Wildman–Crippen MR) is 86.4 cm³/mol. The van der Waals surface area contributed by atoms with Crippen LogP contribution in [-0.2, 0) is 6.42 Å². The summed E-state index contributed by atoms with van der Waals surface area (Å²) in [7, 11) is 0. The third-order valence-electron chi connectivity index (χ3n) is 4.90. The number of aromatic nitrogens is 2. The highest BCUT2D eigenvalue weighted by Gasteiger charge is 2.33. The molecule has 0 bridgehead atoms. The Kier molecular flexibility index (Phi) is 5.82. The van der Waals surface area contributed by atoms with Crippen LogP contribution in [0.1, 0.15) is 71.0 Å². The zero-order chi connectivity index (χ0) is 15.3. The molecule has 2 rings (SSSR count). The number of nitrogens with one attached hydrogen (secondary N) is 1. The third-order valence-corrected chi connectivity index (χ3v) is 4.90. The molecule has 0 saturated heterocycles. The Hall–Kier alpha value is -0.870. The van der Waals surface area contributed by atoms with E-state index < -0.39 is 5.60 Å². The van der Waals surface area contributed by atoms with E-state index in [2.05, 4.69) is 48.1 Å². The Labute approximate surface area is 128 Å². The fourth-order valence-electron chi connectivity index (χ4n) is 3.50. The molecule has 1 fully saturated rings. The molecule has 0 radical (unpaired) electrons. The maximum atomic E-state index is 10.8. The summed E-state index contributed by atoms with van der Waals surface area (Å²) in [5.74, 6) is 0. The van der Waals surface area contributed by atoms with Crippen LogP contribution in [0.3, 0.4) is 0 Å². The van der Waals surface area contributed by atoms with Crippen LogP contribution in [0, 0.1) is 0 Å². The van der Waals surface area contributed by atoms with Crippen LogP contribution >= 0.6 is 0 Å². The second-order valence-corrected chi connectivity index (χ2v) is 6.49. The van der Waals surface area contributed by atoms with Crippen molar-refractivity contribution in [2.24, 2.45) is 0 Å². The van der Waals surface area contributed by atoms with Crippen molar-refractivity contribution in [1.82, 2.24) is 15.1 Å². The maximum absolute atomic E-state index is 10.8. The molecule has 0 amide bonds. The number of aliphatic hydroxyl groups is 1. The van der Waals surface area contributed by atoms with Crippen LogP contribution in [0.2, 0.25) is 0 Å². The smallest absolute Gasteiger partial charge is 0.0704 e. The van der Waals surface area contributed by atoms with Gasteiger partial charge in [-0.1, -0.05) is 20.8 Å². The van der Waals surface area contributed by atoms with E-state index >= 15 is 0 Å². The first kappa shape index (κ1) is 16.5. The van der Waals surface area contributed by atoms with E-state index in [4.69, 9.17) is 0 Å². The molecule has 2 N–H and O–H groups in total. The number of hydrogen-bond donors (Lipinski definition) is 2. The second-order valence-electron chi connectivity index (χ2n) is 6.49. The topological polar surface area (TPSA) is 50.1 Å². The van der Waals surface area contributed by atoms with Crippen molar-refractivity contribution < 1.29 is 5.11 Å². The van der Waals surface area contributed by atoms with Gasteiger partial charge in [-0.2, -0.15) is 5.10 Å². The SMILES string of the molecule is CCNC1CCC(O)(Cc2ccn(C(CC)CC)n2)CC1. The van der Waals surface area contributed by atoms with Gasteiger partial charge in [-0.05, 0) is 51.1 Å². The second kappa shape index (κ2) is 7.41. The van der Waals surface area contributed by atoms with E-state index in [1.165, 1.54) is 0 Å². The third kappa shape index (κ3) is 4.30. The summed E-state index contributed by atoms with van der Waals surface area (Å²) in [6.45, 7) is 7.56. The lowest BCUT2D eigenvalue weighted by Gasteiger charge is -2.36. The van der Waals surface area contributed by atoms with Crippen LogP contribution in [-0.4, -0.2) is 33.1 Å². The van der Waals surface area contributed by atoms with Gasteiger partial charge < -0.3 is 10.4 Å². The molecule has 4 nitrogen and oxygen atoms in total. The van der Waals surface area contributed by atoms with Gasteiger partial charge in [-0.3, -0.25) is 4.68 Å². The minimum absolute atomic E-state index is 0.484. The summed E-state index contributed by atoms with van der Waals surface area (Å²) in [6, 6.07) is 3.14. The minimum Gasteiger partial charge on any atom is -0.389 e. The van der Waals surface area contributed by atoms with Gasteiger partial charge in [0.15, 0.2) is 0 Å². The molecule has 4 heteroatoms. The quantitative estimate of drug-likeness (QED) is 0.812. The van der Waals surface area contributed by atoms with Crippen molar-refractivity contribution in [2.75, 3.05) is 6.54 Å². The van der Waals surface area contributed by atoms with Gasteiger partial charge in [-0.25, -0.2) is 0 Å². The standard InChI is InChI=1S/C17H31N3O/c1-4-16(5-2)20-12-9-15(19-20)13-17(21)10-7-14(8-11-17)18-6-3/h9,12,14,16,18,21H,4-8,10-11,13H2,1-3H3. The molecule has 0 spiro atoms. The molecule has 1 heterocycles. The van der Waals surface area contributed by atoms with Crippen molar-refractivity contribution in [3.05, 3.63) is 18.0 Å². The molecule has 1 aromatic rings. The minimum atomic E-state index is -0.557. The highest BCUT2D eigenvalue weighted by atomic mass is 16.3. The van der Waals surface area contributed by atoms with Gasteiger partial charge in [0.05, 0.1) is 17.3 Å². The van der Waals surface area contributed by atoms with Crippen LogP contribution in [0.5, 0.6) is 0 Å². The fraction of sp³-hybridized carbons (Fsp3) is 0.824. The van der Waals surface area contributed by atoms with Crippen molar-refractivity contribution in [3.63, 3.8) is 0 Å². The first-order valence-electron chi connectivity index (χ1n) is 8.60. The van der Waals surface area contributed by atoms with Crippen molar-refractivity contribution in [2.45, 2.75) is 83.4 Å². The summed E-state index contributed by atoms with van der Waals surface area (Å²) in [6.07, 6.45) is 8.86. The van der Waals surface area contributed by atoms with E-state index in [0.29, 0.717) is 18.5 Å². The van der Waals surface area contributed by atoms with E-state index in [0.717, 1.165) is 50.8 Å². The summed E-state index contributed by atoms with van der Waals surface area (Å²) in [5.41, 5.74) is 0.477. The van der Waals surface area contributed by atoms with Crippen LogP contribution < -0.4 is 5.32 Å². The lowest BCUT2D eigenvalue weighted by molar-refractivity contribution is -0.00387. The molecule has 0 aromatic carbocycles. The predicted octanol–water partition coefficient (Wildman–Crippen LogP) is 3.07. The molecular formula is C17H31N3O. The Morgan fingerprint density at radius 1 is 1.33 bits per heavy atom. The molecule has 21 heavy (non-hydrogen) atoms. The monoisotopic (exact) mass is 293 g/mol. The van der Waals surface area contributed by atoms with Gasteiger partial charge in [-0.15, -0.1) is 0 Å².